The minimum atomic E-state index is -0.447. The summed E-state index contributed by atoms with van der Waals surface area (Å²) in [7, 11) is 0. The molecule has 1 fully saturated rings. The number of nitro groups is 1. The van der Waals surface area contributed by atoms with Gasteiger partial charge in [-0.15, -0.1) is 0 Å². The van der Waals surface area contributed by atoms with Gasteiger partial charge in [0.1, 0.15) is 0 Å². The van der Waals surface area contributed by atoms with Gasteiger partial charge in [-0.05, 0) is 49.6 Å². The topological polar surface area (TPSA) is 84.3 Å². The van der Waals surface area contributed by atoms with E-state index in [4.69, 9.17) is 0 Å². The van der Waals surface area contributed by atoms with Crippen molar-refractivity contribution < 1.29 is 9.72 Å². The normalized spacial score (nSPS) is 18.0. The maximum Gasteiger partial charge on any atom is 0.269 e. The maximum absolute atomic E-state index is 11.6. The molecule has 21 heavy (non-hydrogen) atoms. The first-order chi connectivity index (χ1) is 10.1. The molecule has 0 saturated carbocycles. The second-order valence-corrected chi connectivity index (χ2v) is 5.05. The number of hydrogen-bond donors (Lipinski definition) is 2. The first-order valence-corrected chi connectivity index (χ1v) is 7.09. The van der Waals surface area contributed by atoms with Crippen LogP contribution in [0.25, 0.3) is 6.08 Å². The van der Waals surface area contributed by atoms with Gasteiger partial charge in [0.05, 0.1) is 4.92 Å². The van der Waals surface area contributed by atoms with E-state index in [2.05, 4.69) is 10.6 Å². The van der Waals surface area contributed by atoms with Crippen molar-refractivity contribution in [3.05, 3.63) is 46.0 Å². The Balaban J connectivity index is 1.74. The highest BCUT2D eigenvalue weighted by Gasteiger charge is 2.13. The highest BCUT2D eigenvalue weighted by molar-refractivity contribution is 5.91. The Morgan fingerprint density at radius 3 is 2.81 bits per heavy atom. The average molecular weight is 289 g/mol. The van der Waals surface area contributed by atoms with Crippen molar-refractivity contribution in [2.45, 2.75) is 25.3 Å². The number of nitro benzene ring substituents is 1. The number of rotatable bonds is 6. The summed E-state index contributed by atoms with van der Waals surface area (Å²) < 4.78 is 0. The molecule has 2 N–H and O–H groups in total. The zero-order chi connectivity index (χ0) is 15.1. The van der Waals surface area contributed by atoms with Crippen LogP contribution in [0.15, 0.2) is 30.3 Å². The van der Waals surface area contributed by atoms with E-state index in [1.807, 2.05) is 0 Å². The highest BCUT2D eigenvalue weighted by Crippen LogP contribution is 2.12. The third-order valence-electron chi connectivity index (χ3n) is 3.49. The van der Waals surface area contributed by atoms with Gasteiger partial charge in [0.25, 0.3) is 5.69 Å². The van der Waals surface area contributed by atoms with Gasteiger partial charge in [0.2, 0.25) is 5.91 Å². The molecule has 6 nitrogen and oxygen atoms in total. The third-order valence-corrected chi connectivity index (χ3v) is 3.49. The number of nitrogens with one attached hydrogen (secondary N) is 2. The van der Waals surface area contributed by atoms with Gasteiger partial charge in [-0.1, -0.05) is 0 Å². The van der Waals surface area contributed by atoms with E-state index in [1.54, 1.807) is 18.2 Å². The SMILES string of the molecule is O=C(/C=C/c1ccc([N+](=O)[O-])cc1)NCC[C@H]1CCCN1. The lowest BCUT2D eigenvalue weighted by molar-refractivity contribution is -0.384. The predicted molar refractivity (Wildman–Crippen MR) is 80.8 cm³/mol. The second kappa shape index (κ2) is 7.54. The Morgan fingerprint density at radius 1 is 1.43 bits per heavy atom. The molecular weight excluding hydrogens is 270 g/mol. The Kier molecular flexibility index (Phi) is 5.45. The van der Waals surface area contributed by atoms with Crippen molar-refractivity contribution in [1.29, 1.82) is 0 Å². The van der Waals surface area contributed by atoms with Crippen LogP contribution in [-0.2, 0) is 4.79 Å². The minimum absolute atomic E-state index is 0.0423. The molecule has 0 radical (unpaired) electrons. The number of amides is 1. The maximum atomic E-state index is 11.6. The summed E-state index contributed by atoms with van der Waals surface area (Å²) in [5.74, 6) is -0.147. The van der Waals surface area contributed by atoms with Crippen LogP contribution >= 0.6 is 0 Å². The van der Waals surface area contributed by atoms with E-state index in [0.717, 1.165) is 18.5 Å². The predicted octanol–water partition coefficient (Wildman–Crippen LogP) is 1.87. The molecule has 0 aliphatic carbocycles. The third kappa shape index (κ3) is 5.00. The van der Waals surface area contributed by atoms with Gasteiger partial charge in [-0.25, -0.2) is 0 Å². The van der Waals surface area contributed by atoms with Crippen LogP contribution < -0.4 is 10.6 Å². The monoisotopic (exact) mass is 289 g/mol. The summed E-state index contributed by atoms with van der Waals surface area (Å²) in [5.41, 5.74) is 0.800. The van der Waals surface area contributed by atoms with Gasteiger partial charge in [-0.3, -0.25) is 14.9 Å². The fourth-order valence-corrected chi connectivity index (χ4v) is 2.31. The number of non-ortho nitro benzene ring substituents is 1. The molecule has 1 atom stereocenters. The van der Waals surface area contributed by atoms with Gasteiger partial charge in [-0.2, -0.15) is 0 Å². The van der Waals surface area contributed by atoms with E-state index in [9.17, 15) is 14.9 Å². The molecule has 1 heterocycles. The van der Waals surface area contributed by atoms with E-state index < -0.39 is 4.92 Å². The Hall–Kier alpha value is -2.21. The molecule has 6 heteroatoms. The van der Waals surface area contributed by atoms with Gasteiger partial charge in [0, 0.05) is 30.8 Å². The molecule has 1 aromatic carbocycles. The van der Waals surface area contributed by atoms with Gasteiger partial charge >= 0.3 is 0 Å². The molecule has 1 aliphatic rings. The Labute approximate surface area is 123 Å². The van der Waals surface area contributed by atoms with E-state index in [0.29, 0.717) is 12.6 Å². The number of nitrogens with zero attached hydrogens (tertiary/aromatic N) is 1. The number of benzene rings is 1. The van der Waals surface area contributed by atoms with Crippen molar-refractivity contribution in [3.8, 4) is 0 Å². The quantitative estimate of drug-likeness (QED) is 0.475. The van der Waals surface area contributed by atoms with Crippen molar-refractivity contribution in [1.82, 2.24) is 10.6 Å². The minimum Gasteiger partial charge on any atom is -0.352 e. The Morgan fingerprint density at radius 2 is 2.19 bits per heavy atom. The van der Waals surface area contributed by atoms with E-state index in [1.165, 1.54) is 31.1 Å². The van der Waals surface area contributed by atoms with Crippen molar-refractivity contribution in [3.63, 3.8) is 0 Å². The van der Waals surface area contributed by atoms with Crippen LogP contribution in [0.4, 0.5) is 5.69 Å². The van der Waals surface area contributed by atoms with Crippen molar-refractivity contribution >= 4 is 17.7 Å². The molecule has 0 aromatic heterocycles. The lowest BCUT2D eigenvalue weighted by Crippen LogP contribution is -2.29. The van der Waals surface area contributed by atoms with Crippen LogP contribution in [0, 0.1) is 10.1 Å². The molecule has 0 unspecified atom stereocenters. The fourth-order valence-electron chi connectivity index (χ4n) is 2.31. The lowest BCUT2D eigenvalue weighted by Gasteiger charge is -2.09. The fraction of sp³-hybridized carbons (Fsp3) is 0.400. The first kappa shape index (κ1) is 15.2. The van der Waals surface area contributed by atoms with Crippen molar-refractivity contribution in [2.75, 3.05) is 13.1 Å². The standard InChI is InChI=1S/C15H19N3O3/c19-15(17-11-9-13-2-1-10-16-13)8-5-12-3-6-14(7-4-12)18(20)21/h3-8,13,16H,1-2,9-11H2,(H,17,19)/b8-5+/t13-/m1/s1. The zero-order valence-electron chi connectivity index (χ0n) is 11.7. The highest BCUT2D eigenvalue weighted by atomic mass is 16.6. The van der Waals surface area contributed by atoms with Crippen LogP contribution in [-0.4, -0.2) is 30.0 Å². The van der Waals surface area contributed by atoms with Gasteiger partial charge in [0.15, 0.2) is 0 Å². The zero-order valence-corrected chi connectivity index (χ0v) is 11.7. The summed E-state index contributed by atoms with van der Waals surface area (Å²) in [4.78, 5) is 21.7. The largest absolute Gasteiger partial charge is 0.352 e. The molecule has 2 rings (SSSR count). The first-order valence-electron chi connectivity index (χ1n) is 7.09. The summed E-state index contributed by atoms with van der Waals surface area (Å²) >= 11 is 0. The molecule has 112 valence electrons. The molecule has 0 spiro atoms. The van der Waals surface area contributed by atoms with E-state index >= 15 is 0 Å². The molecule has 1 saturated heterocycles. The molecule has 0 bridgehead atoms. The Bertz CT molecular complexity index is 519. The average Bonchev–Trinajstić information content (AvgIpc) is 2.99. The summed E-state index contributed by atoms with van der Waals surface area (Å²) in [5, 5.41) is 16.7. The van der Waals surface area contributed by atoms with Crippen LogP contribution in [0.2, 0.25) is 0 Å². The molecule has 1 aliphatic heterocycles. The van der Waals surface area contributed by atoms with E-state index in [-0.39, 0.29) is 11.6 Å². The second-order valence-electron chi connectivity index (χ2n) is 5.05. The van der Waals surface area contributed by atoms with Crippen LogP contribution in [0.5, 0.6) is 0 Å². The molecule has 1 aromatic rings. The number of hydrogen-bond acceptors (Lipinski definition) is 4. The number of carbonyl (C=O) groups is 1. The summed E-state index contributed by atoms with van der Waals surface area (Å²) in [6, 6.07) is 6.59. The smallest absolute Gasteiger partial charge is 0.269 e. The summed E-state index contributed by atoms with van der Waals surface area (Å²) in [6.07, 6.45) is 6.42. The lowest BCUT2D eigenvalue weighted by atomic mass is 10.1. The van der Waals surface area contributed by atoms with Crippen molar-refractivity contribution in [2.24, 2.45) is 0 Å². The van der Waals surface area contributed by atoms with Crippen LogP contribution in [0.1, 0.15) is 24.8 Å². The molecule has 1 amide bonds. The summed E-state index contributed by atoms with van der Waals surface area (Å²) in [6.45, 7) is 1.72. The number of carbonyl (C=O) groups excluding carboxylic acids is 1. The molecular formula is C15H19N3O3. The van der Waals surface area contributed by atoms with Gasteiger partial charge < -0.3 is 10.6 Å². The van der Waals surface area contributed by atoms with Crippen LogP contribution in [0.3, 0.4) is 0 Å².